The monoisotopic (exact) mass is 310 g/mol. The van der Waals surface area contributed by atoms with Gasteiger partial charge < -0.3 is 15.3 Å². The summed E-state index contributed by atoms with van der Waals surface area (Å²) in [6.07, 6.45) is 3.14. The summed E-state index contributed by atoms with van der Waals surface area (Å²) in [5.41, 5.74) is 0.814. The van der Waals surface area contributed by atoms with Crippen molar-refractivity contribution in [3.63, 3.8) is 0 Å². The van der Waals surface area contributed by atoms with Crippen LogP contribution >= 0.6 is 11.6 Å². The fraction of sp³-hybridized carbons (Fsp3) is 0.467. The fourth-order valence-electron chi connectivity index (χ4n) is 2.52. The molecule has 0 aromatic heterocycles. The Kier molecular flexibility index (Phi) is 5.44. The second-order valence-electron chi connectivity index (χ2n) is 5.15. The second kappa shape index (κ2) is 7.31. The number of urea groups is 1. The van der Waals surface area contributed by atoms with Crippen molar-refractivity contribution < 1.29 is 14.7 Å². The number of amides is 2. The van der Waals surface area contributed by atoms with Crippen LogP contribution in [0.2, 0.25) is 5.02 Å². The van der Waals surface area contributed by atoms with E-state index in [9.17, 15) is 14.7 Å². The number of carboxylic acid groups (broad SMARTS) is 1. The number of likely N-dealkylation sites (tertiary alicyclic amines) is 1. The van der Waals surface area contributed by atoms with Crippen molar-refractivity contribution in [1.29, 1.82) is 0 Å². The van der Waals surface area contributed by atoms with Crippen molar-refractivity contribution >= 4 is 23.6 Å². The predicted molar refractivity (Wildman–Crippen MR) is 80.3 cm³/mol. The molecule has 6 heteroatoms. The lowest BCUT2D eigenvalue weighted by Crippen LogP contribution is -2.49. The molecule has 1 aliphatic heterocycles. The first-order chi connectivity index (χ1) is 10.1. The molecule has 1 fully saturated rings. The van der Waals surface area contributed by atoms with E-state index in [1.165, 1.54) is 4.90 Å². The molecular weight excluding hydrogens is 292 g/mol. The van der Waals surface area contributed by atoms with Crippen LogP contribution in [0.25, 0.3) is 0 Å². The van der Waals surface area contributed by atoms with Gasteiger partial charge in [0.15, 0.2) is 0 Å². The van der Waals surface area contributed by atoms with E-state index in [2.05, 4.69) is 5.32 Å². The molecule has 1 heterocycles. The maximum atomic E-state index is 12.3. The van der Waals surface area contributed by atoms with Crippen LogP contribution in [0.5, 0.6) is 0 Å². The Labute approximate surface area is 128 Å². The Bertz CT molecular complexity index is 521. The van der Waals surface area contributed by atoms with Crippen LogP contribution in [0.4, 0.5) is 4.79 Å². The topological polar surface area (TPSA) is 69.6 Å². The molecule has 1 aromatic rings. The van der Waals surface area contributed by atoms with Gasteiger partial charge in [-0.1, -0.05) is 42.6 Å². The van der Waals surface area contributed by atoms with Gasteiger partial charge in [-0.15, -0.1) is 0 Å². The second-order valence-corrected chi connectivity index (χ2v) is 5.55. The number of carbonyl (C=O) groups excluding carboxylic acids is 1. The number of aliphatic carboxylic acids is 1. The van der Waals surface area contributed by atoms with Gasteiger partial charge in [0.1, 0.15) is 6.04 Å². The van der Waals surface area contributed by atoms with Gasteiger partial charge in [0.2, 0.25) is 0 Å². The van der Waals surface area contributed by atoms with Crippen LogP contribution in [-0.2, 0) is 11.3 Å². The van der Waals surface area contributed by atoms with Crippen LogP contribution in [-0.4, -0.2) is 34.6 Å². The highest BCUT2D eigenvalue weighted by Crippen LogP contribution is 2.18. The highest BCUT2D eigenvalue weighted by Gasteiger charge is 2.30. The van der Waals surface area contributed by atoms with Crippen LogP contribution in [0.15, 0.2) is 24.3 Å². The van der Waals surface area contributed by atoms with Gasteiger partial charge >= 0.3 is 12.0 Å². The van der Waals surface area contributed by atoms with Crippen LogP contribution in [0.3, 0.4) is 0 Å². The zero-order chi connectivity index (χ0) is 15.2. The molecular formula is C15H19ClN2O3. The summed E-state index contributed by atoms with van der Waals surface area (Å²) in [5, 5.41) is 12.6. The van der Waals surface area contributed by atoms with Gasteiger partial charge in [0.25, 0.3) is 0 Å². The Balaban J connectivity index is 2.00. The van der Waals surface area contributed by atoms with Crippen molar-refractivity contribution in [2.75, 3.05) is 6.54 Å². The molecule has 5 nitrogen and oxygen atoms in total. The molecule has 0 aliphatic carbocycles. The van der Waals surface area contributed by atoms with E-state index in [0.29, 0.717) is 24.5 Å². The summed E-state index contributed by atoms with van der Waals surface area (Å²) in [4.78, 5) is 25.0. The molecule has 2 rings (SSSR count). The fourth-order valence-corrected chi connectivity index (χ4v) is 2.72. The molecule has 0 bridgehead atoms. The quantitative estimate of drug-likeness (QED) is 0.902. The molecule has 1 unspecified atom stereocenters. The van der Waals surface area contributed by atoms with Crippen LogP contribution in [0, 0.1) is 0 Å². The van der Waals surface area contributed by atoms with Crippen molar-refractivity contribution in [2.45, 2.75) is 38.3 Å². The van der Waals surface area contributed by atoms with E-state index in [1.54, 1.807) is 6.07 Å². The first kappa shape index (κ1) is 15.6. The lowest BCUT2D eigenvalue weighted by Gasteiger charge is -2.27. The van der Waals surface area contributed by atoms with E-state index >= 15 is 0 Å². The van der Waals surface area contributed by atoms with Gasteiger partial charge in [-0.2, -0.15) is 0 Å². The predicted octanol–water partition coefficient (Wildman–Crippen LogP) is 2.88. The van der Waals surface area contributed by atoms with Crippen molar-refractivity contribution in [1.82, 2.24) is 10.2 Å². The number of hydrogen-bond donors (Lipinski definition) is 2. The standard InChI is InChI=1S/C15H19ClN2O3/c16-12-7-4-3-6-11(12)10-17-15(21)18-9-5-1-2-8-13(18)14(19)20/h3-4,6-7,13H,1-2,5,8-10H2,(H,17,21)(H,19,20). The number of nitrogens with zero attached hydrogens (tertiary/aromatic N) is 1. The summed E-state index contributed by atoms with van der Waals surface area (Å²) < 4.78 is 0. The zero-order valence-corrected chi connectivity index (χ0v) is 12.5. The highest BCUT2D eigenvalue weighted by atomic mass is 35.5. The molecule has 0 radical (unpaired) electrons. The molecule has 2 N–H and O–H groups in total. The van der Waals surface area contributed by atoms with Crippen LogP contribution < -0.4 is 5.32 Å². The molecule has 1 atom stereocenters. The maximum Gasteiger partial charge on any atom is 0.326 e. The first-order valence-corrected chi connectivity index (χ1v) is 7.48. The average molecular weight is 311 g/mol. The molecule has 114 valence electrons. The van der Waals surface area contributed by atoms with Gasteiger partial charge in [-0.25, -0.2) is 9.59 Å². The number of carboxylic acids is 1. The highest BCUT2D eigenvalue weighted by molar-refractivity contribution is 6.31. The van der Waals surface area contributed by atoms with Crippen molar-refractivity contribution in [2.24, 2.45) is 0 Å². The van der Waals surface area contributed by atoms with Gasteiger partial charge in [-0.05, 0) is 24.5 Å². The third-order valence-electron chi connectivity index (χ3n) is 3.69. The lowest BCUT2D eigenvalue weighted by molar-refractivity contribution is -0.142. The van der Waals surface area contributed by atoms with Crippen LogP contribution in [0.1, 0.15) is 31.2 Å². The van der Waals surface area contributed by atoms with Crippen molar-refractivity contribution in [3.8, 4) is 0 Å². The smallest absolute Gasteiger partial charge is 0.326 e. The summed E-state index contributed by atoms with van der Waals surface area (Å²) in [7, 11) is 0. The molecule has 0 spiro atoms. The number of hydrogen-bond acceptors (Lipinski definition) is 2. The average Bonchev–Trinajstić information content (AvgIpc) is 2.72. The minimum Gasteiger partial charge on any atom is -0.480 e. The zero-order valence-electron chi connectivity index (χ0n) is 11.7. The number of carbonyl (C=O) groups is 2. The molecule has 1 saturated heterocycles. The van der Waals surface area contributed by atoms with Gasteiger partial charge in [0, 0.05) is 18.1 Å². The minimum atomic E-state index is -0.940. The third-order valence-corrected chi connectivity index (χ3v) is 4.06. The van der Waals surface area contributed by atoms with Crippen molar-refractivity contribution in [3.05, 3.63) is 34.9 Å². The van der Waals surface area contributed by atoms with E-state index in [4.69, 9.17) is 11.6 Å². The third kappa shape index (κ3) is 4.11. The molecule has 1 aliphatic rings. The Morgan fingerprint density at radius 2 is 2.05 bits per heavy atom. The Morgan fingerprint density at radius 3 is 2.76 bits per heavy atom. The Hall–Kier alpha value is -1.75. The summed E-state index contributed by atoms with van der Waals surface area (Å²) in [6, 6.07) is 6.18. The number of nitrogens with one attached hydrogen (secondary N) is 1. The normalized spacial score (nSPS) is 18.9. The molecule has 1 aromatic carbocycles. The largest absolute Gasteiger partial charge is 0.480 e. The van der Waals surface area contributed by atoms with E-state index in [0.717, 1.165) is 24.8 Å². The lowest BCUT2D eigenvalue weighted by atomic mass is 10.1. The van der Waals surface area contributed by atoms with Gasteiger partial charge in [0.05, 0.1) is 0 Å². The number of rotatable bonds is 3. The molecule has 21 heavy (non-hydrogen) atoms. The number of halogens is 1. The van der Waals surface area contributed by atoms with E-state index in [-0.39, 0.29) is 6.03 Å². The summed E-state index contributed by atoms with van der Waals surface area (Å²) >= 11 is 6.04. The van der Waals surface area contributed by atoms with E-state index in [1.807, 2.05) is 18.2 Å². The molecule has 2 amide bonds. The summed E-state index contributed by atoms with van der Waals surface area (Å²) in [5.74, 6) is -0.940. The summed E-state index contributed by atoms with van der Waals surface area (Å²) in [6.45, 7) is 0.771. The SMILES string of the molecule is O=C(O)C1CCCCCN1C(=O)NCc1ccccc1Cl. The maximum absolute atomic E-state index is 12.3. The first-order valence-electron chi connectivity index (χ1n) is 7.10. The number of benzene rings is 1. The van der Waals surface area contributed by atoms with Gasteiger partial charge in [-0.3, -0.25) is 0 Å². The molecule has 0 saturated carbocycles. The van der Waals surface area contributed by atoms with E-state index < -0.39 is 12.0 Å². The Morgan fingerprint density at radius 1 is 1.29 bits per heavy atom. The minimum absolute atomic E-state index is 0.293.